The van der Waals surface area contributed by atoms with Gasteiger partial charge in [-0.25, -0.2) is 0 Å². The molecule has 0 bridgehead atoms. The van der Waals surface area contributed by atoms with Crippen LogP contribution in [0.1, 0.15) is 22.3 Å². The van der Waals surface area contributed by atoms with Crippen LogP contribution in [0.2, 0.25) is 0 Å². The zero-order valence-corrected chi connectivity index (χ0v) is 29.8. The van der Waals surface area contributed by atoms with E-state index in [9.17, 15) is 0 Å². The maximum atomic E-state index is 2.50. The molecule has 0 amide bonds. The summed E-state index contributed by atoms with van der Waals surface area (Å²) in [5, 5.41) is 5.21. The third kappa shape index (κ3) is 4.21. The third-order valence-corrected chi connectivity index (χ3v) is 13.3. The highest BCUT2D eigenvalue weighted by molar-refractivity contribution is 7.26. The van der Waals surface area contributed by atoms with Crippen LogP contribution in [0.25, 0.3) is 51.5 Å². The minimum Gasteiger partial charge on any atom is -0.309 e. The fraction of sp³-hybridized carbons (Fsp3) is 0.0204. The van der Waals surface area contributed by atoms with E-state index in [0.29, 0.717) is 0 Å². The van der Waals surface area contributed by atoms with Crippen molar-refractivity contribution in [3.8, 4) is 11.1 Å². The van der Waals surface area contributed by atoms with E-state index < -0.39 is 5.41 Å². The molecule has 8 aromatic carbocycles. The van der Waals surface area contributed by atoms with Gasteiger partial charge in [0, 0.05) is 47.0 Å². The van der Waals surface area contributed by atoms with Crippen LogP contribution in [0.5, 0.6) is 0 Å². The second kappa shape index (κ2) is 11.5. The first kappa shape index (κ1) is 29.7. The maximum Gasteiger partial charge on any atom is 0.0713 e. The summed E-state index contributed by atoms with van der Waals surface area (Å²) < 4.78 is 5.23. The number of hydrogen-bond acceptors (Lipinski definition) is 3. The molecule has 0 saturated heterocycles. The normalized spacial score (nSPS) is 13.2. The summed E-state index contributed by atoms with van der Waals surface area (Å²) in [6.07, 6.45) is 0. The lowest BCUT2D eigenvalue weighted by atomic mass is 9.68. The summed E-state index contributed by atoms with van der Waals surface area (Å²) in [6, 6.07) is 69.7. The Morgan fingerprint density at radius 2 is 0.923 bits per heavy atom. The van der Waals surface area contributed by atoms with Crippen molar-refractivity contribution in [2.75, 3.05) is 4.90 Å². The first-order valence-electron chi connectivity index (χ1n) is 17.8. The van der Waals surface area contributed by atoms with Crippen molar-refractivity contribution in [3.05, 3.63) is 210 Å². The Labute approximate surface area is 310 Å². The SMILES string of the molecule is c1ccc(C2(c3ccccc3)c3ccccc3-c3cc(N(c4ccc5sc6ccccc6c5c4)c4cccc5c4sc4ccccc45)ccc32)cc1. The van der Waals surface area contributed by atoms with E-state index in [1.807, 2.05) is 22.7 Å². The van der Waals surface area contributed by atoms with Crippen LogP contribution >= 0.6 is 22.7 Å². The highest BCUT2D eigenvalue weighted by Gasteiger charge is 2.46. The van der Waals surface area contributed by atoms with Crippen LogP contribution in [0.4, 0.5) is 17.1 Å². The van der Waals surface area contributed by atoms with Crippen molar-refractivity contribution in [2.45, 2.75) is 5.41 Å². The minimum atomic E-state index is -0.433. The smallest absolute Gasteiger partial charge is 0.0713 e. The fourth-order valence-corrected chi connectivity index (χ4v) is 11.1. The zero-order chi connectivity index (χ0) is 34.2. The Balaban J connectivity index is 1.20. The Bertz CT molecular complexity index is 2930. The van der Waals surface area contributed by atoms with Crippen LogP contribution in [0.3, 0.4) is 0 Å². The molecule has 1 aliphatic carbocycles. The standard InChI is InChI=1S/C49H31NS2/c1-3-14-32(15-4-1)49(33-16-5-2-6-17-33)42-22-10-7-18-36(42)40-30-34(26-28-43(40)49)50(35-27-29-47-41(31-35)38-20-9-11-24-45(38)51-47)44-23-13-21-39-37-19-8-12-25-46(37)52-48(39)44/h1-31H. The summed E-state index contributed by atoms with van der Waals surface area (Å²) >= 11 is 3.75. The first-order valence-corrected chi connectivity index (χ1v) is 19.4. The van der Waals surface area contributed by atoms with E-state index in [1.165, 1.54) is 79.4 Å². The van der Waals surface area contributed by atoms with Gasteiger partial charge < -0.3 is 4.90 Å². The summed E-state index contributed by atoms with van der Waals surface area (Å²) in [6.45, 7) is 0. The summed E-state index contributed by atoms with van der Waals surface area (Å²) in [4.78, 5) is 2.50. The highest BCUT2D eigenvalue weighted by Crippen LogP contribution is 2.57. The molecule has 0 aliphatic heterocycles. The lowest BCUT2D eigenvalue weighted by Crippen LogP contribution is -2.28. The molecule has 244 valence electrons. The van der Waals surface area contributed by atoms with Gasteiger partial charge in [-0.15, -0.1) is 22.7 Å². The predicted octanol–water partition coefficient (Wildman–Crippen LogP) is 14.3. The molecule has 52 heavy (non-hydrogen) atoms. The predicted molar refractivity (Wildman–Crippen MR) is 224 cm³/mol. The minimum absolute atomic E-state index is 0.433. The van der Waals surface area contributed by atoms with Gasteiger partial charge in [-0.05, 0) is 81.9 Å². The summed E-state index contributed by atoms with van der Waals surface area (Å²) in [5.74, 6) is 0. The molecule has 11 rings (SSSR count). The Hall–Kier alpha value is -6.00. The molecule has 10 aromatic rings. The molecule has 0 N–H and O–H groups in total. The Morgan fingerprint density at radius 3 is 1.69 bits per heavy atom. The van der Waals surface area contributed by atoms with Crippen LogP contribution < -0.4 is 4.90 Å². The molecule has 0 spiro atoms. The lowest BCUT2D eigenvalue weighted by Gasteiger charge is -2.34. The molecule has 0 radical (unpaired) electrons. The summed E-state index contributed by atoms with van der Waals surface area (Å²) in [5.41, 5.74) is 10.8. The third-order valence-electron chi connectivity index (χ3n) is 10.9. The van der Waals surface area contributed by atoms with Crippen LogP contribution in [-0.2, 0) is 5.41 Å². The van der Waals surface area contributed by atoms with Crippen molar-refractivity contribution in [3.63, 3.8) is 0 Å². The van der Waals surface area contributed by atoms with E-state index in [2.05, 4.69) is 193 Å². The van der Waals surface area contributed by atoms with Crippen molar-refractivity contribution in [1.29, 1.82) is 0 Å². The van der Waals surface area contributed by atoms with E-state index in [4.69, 9.17) is 0 Å². The average Bonchev–Trinajstić information content (AvgIpc) is 3.87. The molecule has 2 heterocycles. The molecule has 0 atom stereocenters. The van der Waals surface area contributed by atoms with E-state index in [0.717, 1.165) is 11.4 Å². The van der Waals surface area contributed by atoms with Crippen molar-refractivity contribution in [2.24, 2.45) is 0 Å². The van der Waals surface area contributed by atoms with Crippen molar-refractivity contribution >= 4 is 80.1 Å². The molecule has 0 fully saturated rings. The van der Waals surface area contributed by atoms with E-state index in [1.54, 1.807) is 0 Å². The lowest BCUT2D eigenvalue weighted by molar-refractivity contribution is 0.768. The number of anilines is 3. The number of thiophene rings is 2. The molecule has 2 aromatic heterocycles. The highest BCUT2D eigenvalue weighted by atomic mass is 32.1. The first-order chi connectivity index (χ1) is 25.8. The van der Waals surface area contributed by atoms with Gasteiger partial charge in [0.1, 0.15) is 0 Å². The molecule has 0 saturated carbocycles. The van der Waals surface area contributed by atoms with Gasteiger partial charge in [0.2, 0.25) is 0 Å². The van der Waals surface area contributed by atoms with Crippen molar-refractivity contribution < 1.29 is 0 Å². The van der Waals surface area contributed by atoms with Crippen LogP contribution in [0.15, 0.2) is 188 Å². The Morgan fingerprint density at radius 1 is 0.365 bits per heavy atom. The topological polar surface area (TPSA) is 3.24 Å². The number of fused-ring (bicyclic) bond motifs is 9. The van der Waals surface area contributed by atoms with Gasteiger partial charge in [-0.2, -0.15) is 0 Å². The van der Waals surface area contributed by atoms with E-state index in [-0.39, 0.29) is 0 Å². The van der Waals surface area contributed by atoms with Crippen LogP contribution in [-0.4, -0.2) is 0 Å². The van der Waals surface area contributed by atoms with Gasteiger partial charge >= 0.3 is 0 Å². The molecule has 1 nitrogen and oxygen atoms in total. The van der Waals surface area contributed by atoms with Gasteiger partial charge in [-0.1, -0.05) is 140 Å². The quantitative estimate of drug-likeness (QED) is 0.173. The maximum absolute atomic E-state index is 2.50. The number of hydrogen-bond donors (Lipinski definition) is 0. The van der Waals surface area contributed by atoms with Gasteiger partial charge in [0.15, 0.2) is 0 Å². The fourth-order valence-electron chi connectivity index (χ4n) is 8.76. The largest absolute Gasteiger partial charge is 0.309 e. The molecule has 3 heteroatoms. The molecule has 1 aliphatic rings. The monoisotopic (exact) mass is 697 g/mol. The molecular formula is C49H31NS2. The second-order valence-electron chi connectivity index (χ2n) is 13.6. The molecule has 0 unspecified atom stereocenters. The number of nitrogens with zero attached hydrogens (tertiary/aromatic N) is 1. The van der Waals surface area contributed by atoms with E-state index >= 15 is 0 Å². The second-order valence-corrected chi connectivity index (χ2v) is 15.8. The zero-order valence-electron chi connectivity index (χ0n) is 28.2. The average molecular weight is 698 g/mol. The van der Waals surface area contributed by atoms with Gasteiger partial charge in [0.25, 0.3) is 0 Å². The summed E-state index contributed by atoms with van der Waals surface area (Å²) in [7, 11) is 0. The molecular weight excluding hydrogens is 667 g/mol. The number of benzene rings is 8. The Kier molecular flexibility index (Phi) is 6.57. The van der Waals surface area contributed by atoms with Crippen molar-refractivity contribution in [1.82, 2.24) is 0 Å². The van der Waals surface area contributed by atoms with Crippen LogP contribution in [0, 0.1) is 0 Å². The number of rotatable bonds is 5. The van der Waals surface area contributed by atoms with Gasteiger partial charge in [-0.3, -0.25) is 0 Å². The van der Waals surface area contributed by atoms with Gasteiger partial charge in [0.05, 0.1) is 15.8 Å².